The Morgan fingerprint density at radius 3 is 2.94 bits per heavy atom. The van der Waals surface area contributed by atoms with E-state index in [0.29, 0.717) is 6.61 Å². The third-order valence-electron chi connectivity index (χ3n) is 3.55. The molecular formula is C12H25NO4Si. The van der Waals surface area contributed by atoms with Crippen LogP contribution in [0, 0.1) is 0 Å². The van der Waals surface area contributed by atoms with Crippen LogP contribution in [-0.2, 0) is 18.0 Å². The first-order valence-electron chi connectivity index (χ1n) is 6.80. The molecular weight excluding hydrogens is 250 g/mol. The number of ether oxygens (including phenoxy) is 1. The standard InChI is InChI=1S/C12H25NO4Si/c1-11-5-6-13(2)9-12-10-15-7-4-8-18(14-3,16-11)17-12/h11-12H,4-10H2,1-3H3. The molecule has 0 N–H and O–H groups in total. The SMILES string of the molecule is CO[Si]12CCCOCC(CN(C)CCC(C)O1)O2. The molecule has 2 aliphatic rings. The van der Waals surface area contributed by atoms with Crippen molar-refractivity contribution in [2.75, 3.05) is 40.5 Å². The fourth-order valence-electron chi connectivity index (χ4n) is 2.53. The van der Waals surface area contributed by atoms with E-state index in [-0.39, 0.29) is 12.2 Å². The zero-order valence-electron chi connectivity index (χ0n) is 11.7. The van der Waals surface area contributed by atoms with Gasteiger partial charge in [-0.15, -0.1) is 0 Å². The number of hydrogen-bond acceptors (Lipinski definition) is 5. The second kappa shape index (κ2) is 6.45. The van der Waals surface area contributed by atoms with E-state index in [4.69, 9.17) is 18.0 Å². The molecule has 0 aromatic carbocycles. The molecule has 2 rings (SSSR count). The molecule has 5 nitrogen and oxygen atoms in total. The van der Waals surface area contributed by atoms with Crippen LogP contribution in [0.2, 0.25) is 6.04 Å². The lowest BCUT2D eigenvalue weighted by atomic mass is 10.2. The van der Waals surface area contributed by atoms with Crippen LogP contribution in [0.15, 0.2) is 0 Å². The minimum atomic E-state index is -2.50. The van der Waals surface area contributed by atoms with Crippen LogP contribution < -0.4 is 0 Å². The van der Waals surface area contributed by atoms with Crippen LogP contribution in [0.1, 0.15) is 19.8 Å². The monoisotopic (exact) mass is 275 g/mol. The molecule has 0 amide bonds. The van der Waals surface area contributed by atoms with Gasteiger partial charge < -0.3 is 22.9 Å². The summed E-state index contributed by atoms with van der Waals surface area (Å²) in [6, 6.07) is 0.855. The van der Waals surface area contributed by atoms with E-state index in [1.807, 2.05) is 0 Å². The van der Waals surface area contributed by atoms with Crippen molar-refractivity contribution >= 4 is 8.80 Å². The fraction of sp³-hybridized carbons (Fsp3) is 1.00. The summed E-state index contributed by atoms with van der Waals surface area (Å²) in [4.78, 5) is 2.29. The van der Waals surface area contributed by atoms with Crippen molar-refractivity contribution in [1.82, 2.24) is 4.90 Å². The third-order valence-corrected chi connectivity index (χ3v) is 6.59. The Kier molecular flexibility index (Phi) is 5.17. The largest absolute Gasteiger partial charge is 0.501 e. The van der Waals surface area contributed by atoms with Gasteiger partial charge in [0.25, 0.3) is 0 Å². The van der Waals surface area contributed by atoms with Gasteiger partial charge in [-0.05, 0) is 26.8 Å². The highest BCUT2D eigenvalue weighted by atomic mass is 28.4. The second-order valence-electron chi connectivity index (χ2n) is 5.28. The van der Waals surface area contributed by atoms with Gasteiger partial charge >= 0.3 is 8.80 Å². The van der Waals surface area contributed by atoms with Crippen LogP contribution in [0.4, 0.5) is 0 Å². The van der Waals surface area contributed by atoms with Gasteiger partial charge in [0.1, 0.15) is 0 Å². The molecule has 6 heteroatoms. The van der Waals surface area contributed by atoms with Gasteiger partial charge in [-0.25, -0.2) is 0 Å². The highest BCUT2D eigenvalue weighted by Crippen LogP contribution is 2.25. The Bertz CT molecular complexity index is 268. The van der Waals surface area contributed by atoms with Crippen LogP contribution >= 0.6 is 0 Å². The molecule has 106 valence electrons. The van der Waals surface area contributed by atoms with Gasteiger partial charge in [-0.2, -0.15) is 0 Å². The van der Waals surface area contributed by atoms with Crippen LogP contribution in [0.3, 0.4) is 0 Å². The Morgan fingerprint density at radius 2 is 2.17 bits per heavy atom. The number of rotatable bonds is 1. The van der Waals surface area contributed by atoms with E-state index in [2.05, 4.69) is 18.9 Å². The summed E-state index contributed by atoms with van der Waals surface area (Å²) in [7, 11) is 1.34. The summed E-state index contributed by atoms with van der Waals surface area (Å²) in [6.45, 7) is 5.43. The van der Waals surface area contributed by atoms with E-state index < -0.39 is 8.80 Å². The van der Waals surface area contributed by atoms with E-state index >= 15 is 0 Å². The molecule has 0 saturated carbocycles. The van der Waals surface area contributed by atoms with Crippen LogP contribution in [0.5, 0.6) is 0 Å². The molecule has 3 atom stereocenters. The van der Waals surface area contributed by atoms with Crippen molar-refractivity contribution in [3.63, 3.8) is 0 Å². The number of fused-ring (bicyclic) bond motifs is 2. The second-order valence-corrected chi connectivity index (χ2v) is 8.03. The maximum absolute atomic E-state index is 6.22. The molecule has 0 spiro atoms. The molecule has 2 fully saturated rings. The number of likely N-dealkylation sites (N-methyl/N-ethyl adjacent to an activating group) is 1. The summed E-state index contributed by atoms with van der Waals surface area (Å²) >= 11 is 0. The smallest absolute Gasteiger partial charge is 0.379 e. The first-order valence-corrected chi connectivity index (χ1v) is 8.74. The minimum absolute atomic E-state index is 0.0622. The van der Waals surface area contributed by atoms with Crippen LogP contribution in [0.25, 0.3) is 0 Å². The molecule has 0 aliphatic carbocycles. The zero-order valence-corrected chi connectivity index (χ0v) is 12.7. The van der Waals surface area contributed by atoms with Crippen molar-refractivity contribution < 1.29 is 18.0 Å². The summed E-state index contributed by atoms with van der Waals surface area (Å²) in [5.41, 5.74) is 0. The fourth-order valence-corrected chi connectivity index (χ4v) is 5.18. The highest BCUT2D eigenvalue weighted by Gasteiger charge is 2.45. The van der Waals surface area contributed by atoms with Gasteiger partial charge in [0.05, 0.1) is 12.7 Å². The van der Waals surface area contributed by atoms with E-state index in [0.717, 1.165) is 38.6 Å². The van der Waals surface area contributed by atoms with Crippen molar-refractivity contribution in [1.29, 1.82) is 0 Å². The average Bonchev–Trinajstić information content (AvgIpc) is 2.37. The zero-order chi connectivity index (χ0) is 13.0. The predicted molar refractivity (Wildman–Crippen MR) is 70.5 cm³/mol. The molecule has 2 heterocycles. The van der Waals surface area contributed by atoms with Gasteiger partial charge in [-0.1, -0.05) is 0 Å². The maximum atomic E-state index is 6.22. The normalized spacial score (nSPS) is 40.2. The van der Waals surface area contributed by atoms with E-state index in [9.17, 15) is 0 Å². The minimum Gasteiger partial charge on any atom is -0.379 e. The van der Waals surface area contributed by atoms with Crippen molar-refractivity contribution in [2.24, 2.45) is 0 Å². The summed E-state index contributed by atoms with van der Waals surface area (Å²) < 4.78 is 23.7. The van der Waals surface area contributed by atoms with Crippen molar-refractivity contribution in [2.45, 2.75) is 38.0 Å². The van der Waals surface area contributed by atoms with Gasteiger partial charge in [0, 0.05) is 39.0 Å². The number of nitrogens with zero attached hydrogens (tertiary/aromatic N) is 1. The molecule has 3 unspecified atom stereocenters. The Morgan fingerprint density at radius 1 is 1.33 bits per heavy atom. The van der Waals surface area contributed by atoms with Gasteiger partial charge in [-0.3, -0.25) is 0 Å². The quantitative estimate of drug-likeness (QED) is 0.671. The molecule has 2 saturated heterocycles. The molecule has 2 bridgehead atoms. The predicted octanol–water partition coefficient (Wildman–Crippen LogP) is 1.12. The third kappa shape index (κ3) is 3.75. The Balaban J connectivity index is 2.15. The summed E-state index contributed by atoms with van der Waals surface area (Å²) in [6.07, 6.45) is 2.23. The Labute approximate surface area is 111 Å². The lowest BCUT2D eigenvalue weighted by Crippen LogP contribution is -2.52. The number of hydrogen-bond donors (Lipinski definition) is 0. The summed E-state index contributed by atoms with van der Waals surface area (Å²) in [5.74, 6) is 0. The molecule has 18 heavy (non-hydrogen) atoms. The molecule has 0 aromatic rings. The first kappa shape index (κ1) is 14.4. The lowest BCUT2D eigenvalue weighted by Gasteiger charge is -2.35. The maximum Gasteiger partial charge on any atom is 0.501 e. The first-order chi connectivity index (χ1) is 8.63. The average molecular weight is 275 g/mol. The molecule has 0 radical (unpaired) electrons. The van der Waals surface area contributed by atoms with Crippen molar-refractivity contribution in [3.05, 3.63) is 0 Å². The highest BCUT2D eigenvalue weighted by molar-refractivity contribution is 6.60. The van der Waals surface area contributed by atoms with Crippen LogP contribution in [-0.4, -0.2) is 66.4 Å². The Hall–Kier alpha value is 0.0169. The lowest BCUT2D eigenvalue weighted by molar-refractivity contribution is -0.0316. The van der Waals surface area contributed by atoms with E-state index in [1.165, 1.54) is 0 Å². The topological polar surface area (TPSA) is 40.2 Å². The van der Waals surface area contributed by atoms with Gasteiger partial charge in [0.2, 0.25) is 0 Å². The molecule has 0 aromatic heterocycles. The van der Waals surface area contributed by atoms with Gasteiger partial charge in [0.15, 0.2) is 0 Å². The van der Waals surface area contributed by atoms with Crippen molar-refractivity contribution in [3.8, 4) is 0 Å². The summed E-state index contributed by atoms with van der Waals surface area (Å²) in [5, 5.41) is 0. The molecule has 2 aliphatic heterocycles. The van der Waals surface area contributed by atoms with E-state index in [1.54, 1.807) is 7.11 Å².